The number of hydrogen-bond acceptors (Lipinski definition) is 6. The molecule has 0 aliphatic heterocycles. The standard InChI is InChI=1S/C19H20N4O5/c1-12-4-5-23-18(21-12)16(9-20-23)19(26)22(11-17(24)25)10-13-6-14(27-2)8-15(7-13)28-3/h4-9H,10-11H2,1-3H3,(H,24,25). The van der Waals surface area contributed by atoms with Gasteiger partial charge in [-0.1, -0.05) is 0 Å². The quantitative estimate of drug-likeness (QED) is 0.662. The number of nitrogens with zero attached hydrogens (tertiary/aromatic N) is 4. The Bertz CT molecular complexity index is 1010. The van der Waals surface area contributed by atoms with E-state index in [1.165, 1.54) is 29.8 Å². The van der Waals surface area contributed by atoms with E-state index in [0.29, 0.717) is 22.7 Å². The highest BCUT2D eigenvalue weighted by Gasteiger charge is 2.23. The van der Waals surface area contributed by atoms with Crippen LogP contribution in [0.2, 0.25) is 0 Å². The second-order valence-electron chi connectivity index (χ2n) is 6.17. The van der Waals surface area contributed by atoms with Gasteiger partial charge in [-0.3, -0.25) is 9.59 Å². The van der Waals surface area contributed by atoms with E-state index in [1.807, 2.05) is 0 Å². The molecule has 0 aliphatic rings. The van der Waals surface area contributed by atoms with Crippen molar-refractivity contribution in [2.45, 2.75) is 13.5 Å². The lowest BCUT2D eigenvalue weighted by atomic mass is 10.1. The van der Waals surface area contributed by atoms with Gasteiger partial charge >= 0.3 is 5.97 Å². The van der Waals surface area contributed by atoms with Gasteiger partial charge in [-0.15, -0.1) is 0 Å². The maximum atomic E-state index is 13.1. The number of aryl methyl sites for hydroxylation is 1. The number of rotatable bonds is 7. The molecule has 0 aliphatic carbocycles. The summed E-state index contributed by atoms with van der Waals surface area (Å²) in [5.74, 6) is -0.503. The van der Waals surface area contributed by atoms with Gasteiger partial charge in [0.25, 0.3) is 5.91 Å². The van der Waals surface area contributed by atoms with Gasteiger partial charge in [-0.25, -0.2) is 9.50 Å². The zero-order valence-corrected chi connectivity index (χ0v) is 15.7. The molecule has 28 heavy (non-hydrogen) atoms. The number of carboxylic acid groups (broad SMARTS) is 1. The van der Waals surface area contributed by atoms with Crippen molar-refractivity contribution in [3.05, 3.63) is 53.5 Å². The highest BCUT2D eigenvalue weighted by molar-refractivity contribution is 6.00. The van der Waals surface area contributed by atoms with Crippen LogP contribution < -0.4 is 9.47 Å². The van der Waals surface area contributed by atoms with E-state index in [9.17, 15) is 14.7 Å². The van der Waals surface area contributed by atoms with E-state index < -0.39 is 18.4 Å². The van der Waals surface area contributed by atoms with Crippen LogP contribution in [0, 0.1) is 6.92 Å². The van der Waals surface area contributed by atoms with Crippen LogP contribution in [0.1, 0.15) is 21.6 Å². The average molecular weight is 384 g/mol. The van der Waals surface area contributed by atoms with Crippen molar-refractivity contribution >= 4 is 17.5 Å². The number of carbonyl (C=O) groups is 2. The Morgan fingerprint density at radius 1 is 1.18 bits per heavy atom. The first-order valence-electron chi connectivity index (χ1n) is 8.45. The van der Waals surface area contributed by atoms with Gasteiger partial charge in [-0.05, 0) is 30.7 Å². The predicted molar refractivity (Wildman–Crippen MR) is 99.6 cm³/mol. The summed E-state index contributed by atoms with van der Waals surface area (Å²) >= 11 is 0. The van der Waals surface area contributed by atoms with E-state index in [4.69, 9.17) is 9.47 Å². The number of hydrogen-bond donors (Lipinski definition) is 1. The van der Waals surface area contributed by atoms with Crippen molar-refractivity contribution in [2.75, 3.05) is 20.8 Å². The largest absolute Gasteiger partial charge is 0.497 e. The molecule has 0 spiro atoms. The maximum Gasteiger partial charge on any atom is 0.323 e. The molecular weight excluding hydrogens is 364 g/mol. The highest BCUT2D eigenvalue weighted by Crippen LogP contribution is 2.24. The number of methoxy groups -OCH3 is 2. The summed E-state index contributed by atoms with van der Waals surface area (Å²) in [4.78, 5) is 30.0. The molecule has 9 nitrogen and oxygen atoms in total. The molecule has 1 aromatic carbocycles. The van der Waals surface area contributed by atoms with Crippen LogP contribution in [0.3, 0.4) is 0 Å². The number of fused-ring (bicyclic) bond motifs is 1. The van der Waals surface area contributed by atoms with Crippen LogP contribution in [0.15, 0.2) is 36.7 Å². The van der Waals surface area contributed by atoms with Gasteiger partial charge in [0, 0.05) is 24.5 Å². The minimum absolute atomic E-state index is 0.0574. The van der Waals surface area contributed by atoms with Crippen LogP contribution in [-0.2, 0) is 11.3 Å². The Labute approximate surface area is 161 Å². The summed E-state index contributed by atoms with van der Waals surface area (Å²) in [5, 5.41) is 13.4. The summed E-state index contributed by atoms with van der Waals surface area (Å²) < 4.78 is 12.0. The molecule has 2 aromatic heterocycles. The van der Waals surface area contributed by atoms with Gasteiger partial charge in [0.2, 0.25) is 0 Å². The van der Waals surface area contributed by atoms with Crippen LogP contribution in [0.25, 0.3) is 5.65 Å². The van der Waals surface area contributed by atoms with Crippen LogP contribution >= 0.6 is 0 Å². The average Bonchev–Trinajstić information content (AvgIpc) is 3.09. The zero-order valence-electron chi connectivity index (χ0n) is 15.7. The molecule has 3 aromatic rings. The summed E-state index contributed by atoms with van der Waals surface area (Å²) in [6.07, 6.45) is 3.09. The highest BCUT2D eigenvalue weighted by atomic mass is 16.5. The van der Waals surface area contributed by atoms with Crippen molar-refractivity contribution in [3.8, 4) is 11.5 Å². The Morgan fingerprint density at radius 2 is 1.86 bits per heavy atom. The lowest BCUT2D eigenvalue weighted by Crippen LogP contribution is -2.35. The molecule has 0 bridgehead atoms. The number of benzene rings is 1. The SMILES string of the molecule is COc1cc(CN(CC(=O)O)C(=O)c2cnn3ccc(C)nc23)cc(OC)c1. The normalized spacial score (nSPS) is 10.7. The van der Waals surface area contributed by atoms with Gasteiger partial charge in [0.05, 0.1) is 20.4 Å². The molecule has 1 amide bonds. The third-order valence-electron chi connectivity index (χ3n) is 4.14. The summed E-state index contributed by atoms with van der Waals surface area (Å²) in [6, 6.07) is 6.92. The molecule has 0 atom stereocenters. The fourth-order valence-corrected chi connectivity index (χ4v) is 2.82. The number of ether oxygens (including phenoxy) is 2. The molecule has 0 unspecified atom stereocenters. The molecule has 3 rings (SSSR count). The first kappa shape index (κ1) is 19.2. The molecule has 0 saturated heterocycles. The van der Waals surface area contributed by atoms with E-state index >= 15 is 0 Å². The first-order valence-corrected chi connectivity index (χ1v) is 8.45. The zero-order chi connectivity index (χ0) is 20.3. The fourth-order valence-electron chi connectivity index (χ4n) is 2.82. The van der Waals surface area contributed by atoms with Crippen LogP contribution in [0.5, 0.6) is 11.5 Å². The van der Waals surface area contributed by atoms with E-state index in [1.54, 1.807) is 37.4 Å². The Hall–Kier alpha value is -3.62. The third kappa shape index (κ3) is 4.03. The monoisotopic (exact) mass is 384 g/mol. The number of carbonyl (C=O) groups excluding carboxylic acids is 1. The number of amides is 1. The summed E-state index contributed by atoms with van der Waals surface area (Å²) in [6.45, 7) is 1.39. The molecule has 9 heteroatoms. The van der Waals surface area contributed by atoms with E-state index in [2.05, 4.69) is 10.1 Å². The second kappa shape index (κ2) is 7.95. The van der Waals surface area contributed by atoms with E-state index in [0.717, 1.165) is 5.69 Å². The minimum Gasteiger partial charge on any atom is -0.497 e. The summed E-state index contributed by atoms with van der Waals surface area (Å²) in [5.41, 5.74) is 2.01. The van der Waals surface area contributed by atoms with Gasteiger partial charge < -0.3 is 19.5 Å². The predicted octanol–water partition coefficient (Wildman–Crippen LogP) is 1.78. The maximum absolute atomic E-state index is 13.1. The second-order valence-corrected chi connectivity index (χ2v) is 6.17. The lowest BCUT2D eigenvalue weighted by Gasteiger charge is -2.21. The first-order chi connectivity index (χ1) is 13.4. The van der Waals surface area contributed by atoms with Crippen LogP contribution in [-0.4, -0.2) is 57.2 Å². The van der Waals surface area contributed by atoms with Gasteiger partial charge in [-0.2, -0.15) is 5.10 Å². The minimum atomic E-state index is -1.12. The van der Waals surface area contributed by atoms with Crippen molar-refractivity contribution in [2.24, 2.45) is 0 Å². The molecule has 2 heterocycles. The number of aliphatic carboxylic acids is 1. The molecule has 0 fully saturated rings. The fraction of sp³-hybridized carbons (Fsp3) is 0.263. The van der Waals surface area contributed by atoms with Gasteiger partial charge in [0.15, 0.2) is 5.65 Å². The summed E-state index contributed by atoms with van der Waals surface area (Å²) in [7, 11) is 3.04. The van der Waals surface area contributed by atoms with Crippen LogP contribution in [0.4, 0.5) is 0 Å². The number of aromatic nitrogens is 3. The smallest absolute Gasteiger partial charge is 0.323 e. The van der Waals surface area contributed by atoms with E-state index in [-0.39, 0.29) is 12.1 Å². The Kier molecular flexibility index (Phi) is 5.44. The molecule has 146 valence electrons. The van der Waals surface area contributed by atoms with Crippen molar-refractivity contribution in [3.63, 3.8) is 0 Å². The third-order valence-corrected chi connectivity index (χ3v) is 4.14. The molecule has 0 radical (unpaired) electrons. The molecule has 1 N–H and O–H groups in total. The van der Waals surface area contributed by atoms with Gasteiger partial charge in [0.1, 0.15) is 23.6 Å². The number of carboxylic acids is 1. The van der Waals surface area contributed by atoms with Crippen molar-refractivity contribution in [1.82, 2.24) is 19.5 Å². The lowest BCUT2D eigenvalue weighted by molar-refractivity contribution is -0.137. The Morgan fingerprint density at radius 3 is 2.46 bits per heavy atom. The molecular formula is C19H20N4O5. The molecule has 0 saturated carbocycles. The topological polar surface area (TPSA) is 106 Å². The van der Waals surface area contributed by atoms with Crippen molar-refractivity contribution < 1.29 is 24.2 Å². The van der Waals surface area contributed by atoms with Crippen molar-refractivity contribution in [1.29, 1.82) is 0 Å². The Balaban J connectivity index is 1.96.